The summed E-state index contributed by atoms with van der Waals surface area (Å²) in [5.41, 5.74) is 4.72. The molecule has 8 nitrogen and oxygen atoms in total. The van der Waals surface area contributed by atoms with Crippen LogP contribution in [0, 0.1) is 0 Å². The summed E-state index contributed by atoms with van der Waals surface area (Å²) in [6.07, 6.45) is 0.996. The van der Waals surface area contributed by atoms with Crippen LogP contribution in [0.1, 0.15) is 18.1 Å². The SMILES string of the molecule is CCc1ccc(-c2ccc3nnc(SCC(=O)NCc4ccc5c(c4)OCO5)n3n2)cc1. The molecular formula is C23H21N5O3S. The van der Waals surface area contributed by atoms with Gasteiger partial charge in [-0.25, -0.2) is 0 Å². The van der Waals surface area contributed by atoms with E-state index in [0.29, 0.717) is 23.1 Å². The normalized spacial score (nSPS) is 12.3. The van der Waals surface area contributed by atoms with E-state index < -0.39 is 0 Å². The van der Waals surface area contributed by atoms with Crippen LogP contribution in [-0.4, -0.2) is 38.3 Å². The lowest BCUT2D eigenvalue weighted by Crippen LogP contribution is -2.24. The highest BCUT2D eigenvalue weighted by Gasteiger charge is 2.14. The van der Waals surface area contributed by atoms with E-state index in [1.165, 1.54) is 17.3 Å². The fourth-order valence-corrected chi connectivity index (χ4v) is 4.07. The Morgan fingerprint density at radius 1 is 1.03 bits per heavy atom. The minimum Gasteiger partial charge on any atom is -0.454 e. The summed E-state index contributed by atoms with van der Waals surface area (Å²) < 4.78 is 12.4. The number of amides is 1. The van der Waals surface area contributed by atoms with Gasteiger partial charge in [-0.1, -0.05) is 49.0 Å². The summed E-state index contributed by atoms with van der Waals surface area (Å²) in [5, 5.41) is 16.5. The van der Waals surface area contributed by atoms with E-state index in [1.54, 1.807) is 4.52 Å². The highest BCUT2D eigenvalue weighted by atomic mass is 32.2. The fraction of sp³-hybridized carbons (Fsp3) is 0.217. The van der Waals surface area contributed by atoms with E-state index in [0.717, 1.165) is 29.0 Å². The van der Waals surface area contributed by atoms with Crippen LogP contribution < -0.4 is 14.8 Å². The van der Waals surface area contributed by atoms with Crippen molar-refractivity contribution in [3.63, 3.8) is 0 Å². The summed E-state index contributed by atoms with van der Waals surface area (Å²) in [5.74, 6) is 1.54. The van der Waals surface area contributed by atoms with Gasteiger partial charge in [0.05, 0.1) is 11.4 Å². The average molecular weight is 448 g/mol. The molecule has 0 aliphatic carbocycles. The Balaban J connectivity index is 1.23. The van der Waals surface area contributed by atoms with Crippen LogP contribution in [0.5, 0.6) is 11.5 Å². The first kappa shape index (κ1) is 20.3. The first-order valence-corrected chi connectivity index (χ1v) is 11.3. The van der Waals surface area contributed by atoms with Gasteiger partial charge in [0.25, 0.3) is 0 Å². The minimum atomic E-state index is -0.101. The van der Waals surface area contributed by atoms with Gasteiger partial charge in [-0.2, -0.15) is 9.61 Å². The Hall–Kier alpha value is -3.59. The molecule has 0 radical (unpaired) electrons. The van der Waals surface area contributed by atoms with E-state index in [1.807, 2.05) is 30.3 Å². The topological polar surface area (TPSA) is 90.6 Å². The maximum Gasteiger partial charge on any atom is 0.231 e. The van der Waals surface area contributed by atoms with Crippen LogP contribution in [-0.2, 0) is 17.8 Å². The Morgan fingerprint density at radius 2 is 1.84 bits per heavy atom. The van der Waals surface area contributed by atoms with E-state index in [9.17, 15) is 4.79 Å². The summed E-state index contributed by atoms with van der Waals surface area (Å²) in [6, 6.07) is 17.8. The van der Waals surface area contributed by atoms with Crippen molar-refractivity contribution in [2.75, 3.05) is 12.5 Å². The molecule has 2 aromatic heterocycles. The molecule has 1 amide bonds. The lowest BCUT2D eigenvalue weighted by molar-refractivity contribution is -0.118. The first-order chi connectivity index (χ1) is 15.7. The maximum atomic E-state index is 12.4. The first-order valence-electron chi connectivity index (χ1n) is 10.3. The second-order valence-electron chi connectivity index (χ2n) is 7.27. The number of carbonyl (C=O) groups excluding carboxylic acids is 1. The number of nitrogens with zero attached hydrogens (tertiary/aromatic N) is 4. The summed E-state index contributed by atoms with van der Waals surface area (Å²) in [7, 11) is 0. The van der Waals surface area contributed by atoms with E-state index in [2.05, 4.69) is 51.8 Å². The number of aromatic nitrogens is 4. The summed E-state index contributed by atoms with van der Waals surface area (Å²) in [6.45, 7) is 2.77. The lowest BCUT2D eigenvalue weighted by atomic mass is 10.1. The third-order valence-corrected chi connectivity index (χ3v) is 6.07. The van der Waals surface area contributed by atoms with Gasteiger partial charge in [0.1, 0.15) is 0 Å². The molecule has 0 atom stereocenters. The highest BCUT2D eigenvalue weighted by molar-refractivity contribution is 7.99. The third kappa shape index (κ3) is 4.24. The summed E-state index contributed by atoms with van der Waals surface area (Å²) in [4.78, 5) is 12.4. The number of aryl methyl sites for hydroxylation is 1. The number of nitrogens with one attached hydrogen (secondary N) is 1. The van der Waals surface area contributed by atoms with Crippen molar-refractivity contribution in [1.29, 1.82) is 0 Å². The van der Waals surface area contributed by atoms with Crippen molar-refractivity contribution in [3.8, 4) is 22.8 Å². The van der Waals surface area contributed by atoms with Gasteiger partial charge >= 0.3 is 0 Å². The zero-order valence-electron chi connectivity index (χ0n) is 17.4. The highest BCUT2D eigenvalue weighted by Crippen LogP contribution is 2.32. The van der Waals surface area contributed by atoms with Crippen LogP contribution >= 0.6 is 11.8 Å². The van der Waals surface area contributed by atoms with Gasteiger partial charge < -0.3 is 14.8 Å². The smallest absolute Gasteiger partial charge is 0.231 e. The second-order valence-corrected chi connectivity index (χ2v) is 8.22. The number of hydrogen-bond acceptors (Lipinski definition) is 7. The number of ether oxygens (including phenoxy) is 2. The predicted molar refractivity (Wildman–Crippen MR) is 121 cm³/mol. The monoisotopic (exact) mass is 447 g/mol. The molecule has 1 N–H and O–H groups in total. The largest absolute Gasteiger partial charge is 0.454 e. The predicted octanol–water partition coefficient (Wildman–Crippen LogP) is 3.49. The molecule has 3 heterocycles. The van der Waals surface area contributed by atoms with Gasteiger partial charge in [-0.3, -0.25) is 4.79 Å². The number of benzene rings is 2. The number of rotatable bonds is 7. The van der Waals surface area contributed by atoms with Gasteiger partial charge in [-0.15, -0.1) is 10.2 Å². The number of carbonyl (C=O) groups is 1. The quantitative estimate of drug-likeness (QED) is 0.434. The van der Waals surface area contributed by atoms with Crippen molar-refractivity contribution in [2.45, 2.75) is 25.0 Å². The molecule has 0 saturated carbocycles. The lowest BCUT2D eigenvalue weighted by Gasteiger charge is -2.06. The van der Waals surface area contributed by atoms with Gasteiger partial charge in [0.2, 0.25) is 17.9 Å². The molecule has 162 valence electrons. The van der Waals surface area contributed by atoms with Crippen LogP contribution in [0.2, 0.25) is 0 Å². The molecule has 4 aromatic rings. The molecular weight excluding hydrogens is 426 g/mol. The summed E-state index contributed by atoms with van der Waals surface area (Å²) >= 11 is 1.30. The fourth-order valence-electron chi connectivity index (χ4n) is 3.36. The molecule has 0 unspecified atom stereocenters. The van der Waals surface area contributed by atoms with E-state index in [4.69, 9.17) is 9.47 Å². The van der Waals surface area contributed by atoms with Crippen LogP contribution in [0.25, 0.3) is 16.9 Å². The third-order valence-electron chi connectivity index (χ3n) is 5.15. The van der Waals surface area contributed by atoms with Crippen LogP contribution in [0.4, 0.5) is 0 Å². The molecule has 0 fully saturated rings. The van der Waals surface area contributed by atoms with Crippen LogP contribution in [0.3, 0.4) is 0 Å². The number of thioether (sulfide) groups is 1. The van der Waals surface area contributed by atoms with Crippen molar-refractivity contribution in [3.05, 3.63) is 65.7 Å². The Kier molecular flexibility index (Phi) is 5.64. The molecule has 9 heteroatoms. The van der Waals surface area contributed by atoms with Gasteiger partial charge in [-0.05, 0) is 41.8 Å². The van der Waals surface area contributed by atoms with Gasteiger partial charge in [0, 0.05) is 12.1 Å². The molecule has 1 aliphatic rings. The maximum absolute atomic E-state index is 12.4. The molecule has 0 saturated heterocycles. The second kappa shape index (κ2) is 8.88. The minimum absolute atomic E-state index is 0.101. The Morgan fingerprint density at radius 3 is 2.69 bits per heavy atom. The van der Waals surface area contributed by atoms with Crippen molar-refractivity contribution < 1.29 is 14.3 Å². The van der Waals surface area contributed by atoms with Crippen molar-refractivity contribution in [1.82, 2.24) is 25.1 Å². The molecule has 2 aromatic carbocycles. The molecule has 1 aliphatic heterocycles. The van der Waals surface area contributed by atoms with Crippen molar-refractivity contribution >= 4 is 23.3 Å². The number of fused-ring (bicyclic) bond motifs is 2. The van der Waals surface area contributed by atoms with E-state index in [-0.39, 0.29) is 18.5 Å². The zero-order valence-corrected chi connectivity index (χ0v) is 18.3. The average Bonchev–Trinajstić information content (AvgIpc) is 3.47. The Bertz CT molecular complexity index is 1270. The molecule has 5 rings (SSSR count). The Labute approximate surface area is 189 Å². The van der Waals surface area contributed by atoms with Crippen molar-refractivity contribution in [2.24, 2.45) is 0 Å². The molecule has 32 heavy (non-hydrogen) atoms. The van der Waals surface area contributed by atoms with Crippen LogP contribution in [0.15, 0.2) is 59.8 Å². The number of hydrogen-bond donors (Lipinski definition) is 1. The zero-order chi connectivity index (χ0) is 21.9. The molecule has 0 bridgehead atoms. The van der Waals surface area contributed by atoms with Gasteiger partial charge in [0.15, 0.2) is 17.1 Å². The standard InChI is InChI=1S/C23H21N5O3S/c1-2-15-3-6-17(7-4-15)18-8-10-21-25-26-23(28(21)27-18)32-13-22(29)24-12-16-5-9-19-20(11-16)31-14-30-19/h3-11H,2,12-14H2,1H3,(H,24,29). The van der Waals surface area contributed by atoms with E-state index >= 15 is 0 Å². The molecule has 0 spiro atoms.